The Balaban J connectivity index is 1.59. The molecule has 0 saturated carbocycles. The van der Waals surface area contributed by atoms with Crippen molar-refractivity contribution in [2.45, 2.75) is 19.6 Å². The van der Waals surface area contributed by atoms with Crippen LogP contribution >= 0.6 is 15.9 Å². The summed E-state index contributed by atoms with van der Waals surface area (Å²) in [6.45, 7) is 4.48. The van der Waals surface area contributed by atoms with Crippen LogP contribution in [0, 0.1) is 0 Å². The van der Waals surface area contributed by atoms with E-state index in [1.165, 1.54) is 0 Å². The van der Waals surface area contributed by atoms with Crippen LogP contribution in [0.3, 0.4) is 0 Å². The Bertz CT molecular complexity index is 1010. The van der Waals surface area contributed by atoms with Gasteiger partial charge < -0.3 is 9.47 Å². The van der Waals surface area contributed by atoms with Crippen molar-refractivity contribution in [3.8, 4) is 5.75 Å². The number of ether oxygens (including phenoxy) is 2. The van der Waals surface area contributed by atoms with Crippen molar-refractivity contribution in [2.24, 2.45) is 0 Å². The molecule has 4 rings (SSSR count). The van der Waals surface area contributed by atoms with E-state index in [9.17, 15) is 4.79 Å². The molecule has 0 aliphatic carbocycles. The second kappa shape index (κ2) is 10.7. The predicted octanol–water partition coefficient (Wildman–Crippen LogP) is 4.68. The molecular weight excluding hydrogens is 456 g/mol. The highest BCUT2D eigenvalue weighted by atomic mass is 79.9. The van der Waals surface area contributed by atoms with Gasteiger partial charge >= 0.3 is 0 Å². The summed E-state index contributed by atoms with van der Waals surface area (Å²) in [5.74, 6) is 0.624. The molecule has 0 atom stereocenters. The van der Waals surface area contributed by atoms with Gasteiger partial charge in [-0.25, -0.2) is 0 Å². The van der Waals surface area contributed by atoms with Gasteiger partial charge in [0.25, 0.3) is 0 Å². The number of halogens is 1. The average Bonchev–Trinajstić information content (AvgIpc) is 2.81. The smallest absolute Gasteiger partial charge is 0.171 e. The normalized spacial score (nSPS) is 14.4. The molecule has 3 aromatic rings. The molecule has 2 heterocycles. The minimum atomic E-state index is 0.00897. The quantitative estimate of drug-likeness (QED) is 0.438. The van der Waals surface area contributed by atoms with Crippen molar-refractivity contribution in [3.05, 3.63) is 93.7 Å². The Morgan fingerprint density at radius 2 is 1.84 bits per heavy atom. The lowest BCUT2D eigenvalue weighted by atomic mass is 10.0. The van der Waals surface area contributed by atoms with Crippen LogP contribution < -0.4 is 4.74 Å². The molecule has 1 aliphatic rings. The summed E-state index contributed by atoms with van der Waals surface area (Å²) in [6.07, 6.45) is 3.72. The summed E-state index contributed by atoms with van der Waals surface area (Å²) in [4.78, 5) is 19.6. The monoisotopic (exact) mass is 480 g/mol. The fourth-order valence-corrected chi connectivity index (χ4v) is 4.04. The summed E-state index contributed by atoms with van der Waals surface area (Å²) in [7, 11) is 0. The van der Waals surface area contributed by atoms with E-state index in [4.69, 9.17) is 9.47 Å². The van der Waals surface area contributed by atoms with Crippen LogP contribution in [-0.2, 0) is 24.3 Å². The Hall–Kier alpha value is -2.54. The van der Waals surface area contributed by atoms with Gasteiger partial charge in [-0.2, -0.15) is 0 Å². The fraction of sp³-hybridized carbons (Fsp3) is 0.280. The van der Waals surface area contributed by atoms with Gasteiger partial charge in [0.05, 0.1) is 18.8 Å². The number of ketones is 1. The predicted molar refractivity (Wildman–Crippen MR) is 123 cm³/mol. The zero-order valence-corrected chi connectivity index (χ0v) is 18.9. The van der Waals surface area contributed by atoms with Gasteiger partial charge in [-0.1, -0.05) is 52.3 Å². The van der Waals surface area contributed by atoms with E-state index in [0.29, 0.717) is 17.9 Å². The lowest BCUT2D eigenvalue weighted by Crippen LogP contribution is -2.35. The standard InChI is InChI=1S/C25H25BrN2O3/c26-23-15-22(24(29)13-20-7-4-8-27-16-20)25(31-18-19-5-2-1-3-6-19)14-21(23)17-28-9-11-30-12-10-28/h1-8,14-16H,9-13,17-18H2. The molecule has 1 aromatic heterocycles. The third-order valence-electron chi connectivity index (χ3n) is 5.27. The highest BCUT2D eigenvalue weighted by Gasteiger charge is 2.19. The summed E-state index contributed by atoms with van der Waals surface area (Å²) in [6, 6.07) is 17.6. The van der Waals surface area contributed by atoms with E-state index in [1.807, 2.05) is 54.6 Å². The van der Waals surface area contributed by atoms with Crippen LogP contribution in [0.15, 0.2) is 71.5 Å². The maximum Gasteiger partial charge on any atom is 0.171 e. The van der Waals surface area contributed by atoms with E-state index in [-0.39, 0.29) is 12.2 Å². The first-order chi connectivity index (χ1) is 15.2. The summed E-state index contributed by atoms with van der Waals surface area (Å²) >= 11 is 3.68. The maximum atomic E-state index is 13.1. The molecule has 5 nitrogen and oxygen atoms in total. The minimum absolute atomic E-state index is 0.00897. The molecule has 0 spiro atoms. The molecule has 1 fully saturated rings. The van der Waals surface area contributed by atoms with Gasteiger partial charge in [-0.05, 0) is 34.9 Å². The molecule has 2 aromatic carbocycles. The second-order valence-electron chi connectivity index (χ2n) is 7.56. The van der Waals surface area contributed by atoms with Gasteiger partial charge in [0.1, 0.15) is 12.4 Å². The Kier molecular flexibility index (Phi) is 7.46. The molecule has 0 amide bonds. The molecule has 0 N–H and O–H groups in total. The summed E-state index contributed by atoms with van der Waals surface area (Å²) < 4.78 is 12.5. The highest BCUT2D eigenvalue weighted by Crippen LogP contribution is 2.30. The third kappa shape index (κ3) is 6.00. The van der Waals surface area contributed by atoms with Gasteiger partial charge in [0, 0.05) is 42.9 Å². The van der Waals surface area contributed by atoms with Gasteiger partial charge in [0.15, 0.2) is 5.78 Å². The molecule has 160 valence electrons. The molecule has 0 unspecified atom stereocenters. The lowest BCUT2D eigenvalue weighted by Gasteiger charge is -2.27. The van der Waals surface area contributed by atoms with Crippen molar-refractivity contribution < 1.29 is 14.3 Å². The number of hydrogen-bond acceptors (Lipinski definition) is 5. The van der Waals surface area contributed by atoms with Crippen LogP contribution in [0.4, 0.5) is 0 Å². The van der Waals surface area contributed by atoms with E-state index in [0.717, 1.165) is 54.0 Å². The number of pyridine rings is 1. The van der Waals surface area contributed by atoms with Crippen LogP contribution in [0.5, 0.6) is 5.75 Å². The number of carbonyl (C=O) groups is 1. The molecule has 0 radical (unpaired) electrons. The number of hydrogen-bond donors (Lipinski definition) is 0. The molecular formula is C25H25BrN2O3. The molecule has 31 heavy (non-hydrogen) atoms. The van der Waals surface area contributed by atoms with Crippen molar-refractivity contribution in [1.82, 2.24) is 9.88 Å². The third-order valence-corrected chi connectivity index (χ3v) is 6.01. The number of rotatable bonds is 8. The Labute approximate surface area is 191 Å². The van der Waals surface area contributed by atoms with Crippen LogP contribution in [0.25, 0.3) is 0 Å². The number of benzene rings is 2. The maximum absolute atomic E-state index is 13.1. The molecule has 0 bridgehead atoms. The first-order valence-corrected chi connectivity index (χ1v) is 11.2. The minimum Gasteiger partial charge on any atom is -0.488 e. The number of Topliss-reactive ketones (excluding diaryl/α,β-unsaturated/α-hetero) is 1. The van der Waals surface area contributed by atoms with E-state index in [2.05, 4.69) is 25.8 Å². The lowest BCUT2D eigenvalue weighted by molar-refractivity contribution is 0.0340. The van der Waals surface area contributed by atoms with Gasteiger partial charge in [-0.15, -0.1) is 0 Å². The number of morpholine rings is 1. The summed E-state index contributed by atoms with van der Waals surface area (Å²) in [5, 5.41) is 0. The molecule has 6 heteroatoms. The van der Waals surface area contributed by atoms with Crippen LogP contribution in [0.2, 0.25) is 0 Å². The average molecular weight is 481 g/mol. The summed E-state index contributed by atoms with van der Waals surface area (Å²) in [5.41, 5.74) is 3.63. The fourth-order valence-electron chi connectivity index (χ4n) is 3.57. The SMILES string of the molecule is O=C(Cc1cccnc1)c1cc(Br)c(CN2CCOCC2)cc1OCc1ccccc1. The second-order valence-corrected chi connectivity index (χ2v) is 8.42. The van der Waals surface area contributed by atoms with Gasteiger partial charge in [-0.3, -0.25) is 14.7 Å². The number of nitrogens with zero attached hydrogens (tertiary/aromatic N) is 2. The first kappa shape index (κ1) is 21.7. The molecule has 1 saturated heterocycles. The van der Waals surface area contributed by atoms with Crippen molar-refractivity contribution in [3.63, 3.8) is 0 Å². The Morgan fingerprint density at radius 3 is 2.58 bits per heavy atom. The van der Waals surface area contributed by atoms with Crippen LogP contribution in [-0.4, -0.2) is 42.0 Å². The topological polar surface area (TPSA) is 51.7 Å². The number of carbonyl (C=O) groups excluding carboxylic acids is 1. The van der Waals surface area contributed by atoms with E-state index >= 15 is 0 Å². The van der Waals surface area contributed by atoms with Crippen LogP contribution in [0.1, 0.15) is 27.0 Å². The zero-order chi connectivity index (χ0) is 21.5. The first-order valence-electron chi connectivity index (χ1n) is 10.4. The number of aromatic nitrogens is 1. The van der Waals surface area contributed by atoms with Crippen molar-refractivity contribution in [2.75, 3.05) is 26.3 Å². The zero-order valence-electron chi connectivity index (χ0n) is 17.3. The van der Waals surface area contributed by atoms with Gasteiger partial charge in [0.2, 0.25) is 0 Å². The molecule has 1 aliphatic heterocycles. The van der Waals surface area contributed by atoms with E-state index < -0.39 is 0 Å². The van der Waals surface area contributed by atoms with Crippen molar-refractivity contribution in [1.29, 1.82) is 0 Å². The Morgan fingerprint density at radius 1 is 1.06 bits per heavy atom. The van der Waals surface area contributed by atoms with Crippen molar-refractivity contribution >= 4 is 21.7 Å². The highest BCUT2D eigenvalue weighted by molar-refractivity contribution is 9.10. The van der Waals surface area contributed by atoms with E-state index in [1.54, 1.807) is 12.4 Å². The largest absolute Gasteiger partial charge is 0.488 e.